The molecule has 0 atom stereocenters. The molecule has 28 heavy (non-hydrogen) atoms. The predicted molar refractivity (Wildman–Crippen MR) is 99.7 cm³/mol. The maximum absolute atomic E-state index is 13.0. The molecule has 1 aromatic carbocycles. The highest BCUT2D eigenvalue weighted by Crippen LogP contribution is 2.33. The molecule has 0 spiro atoms. The molecule has 0 aliphatic rings. The normalized spacial score (nSPS) is 11.5. The highest BCUT2D eigenvalue weighted by atomic mass is 19.4. The maximum Gasteiger partial charge on any atom is 0.435 e. The van der Waals surface area contributed by atoms with Gasteiger partial charge in [0.25, 0.3) is 5.91 Å². The molecular formula is C19H18F3N5O. The molecule has 3 N–H and O–H groups in total. The Morgan fingerprint density at radius 1 is 1.21 bits per heavy atom. The van der Waals surface area contributed by atoms with Crippen LogP contribution in [0.4, 0.5) is 24.8 Å². The molecule has 0 aliphatic heterocycles. The molecule has 0 fully saturated rings. The number of alkyl halides is 3. The Labute approximate surface area is 159 Å². The number of benzene rings is 1. The van der Waals surface area contributed by atoms with Gasteiger partial charge in [-0.05, 0) is 44.2 Å². The van der Waals surface area contributed by atoms with E-state index < -0.39 is 11.9 Å². The summed E-state index contributed by atoms with van der Waals surface area (Å²) in [5, 5.41) is 6.21. The van der Waals surface area contributed by atoms with Gasteiger partial charge in [-0.1, -0.05) is 17.7 Å². The summed E-state index contributed by atoms with van der Waals surface area (Å²) in [5.41, 5.74) is 6.85. The molecule has 146 valence electrons. The number of rotatable bonds is 4. The molecule has 0 saturated heterocycles. The lowest BCUT2D eigenvalue weighted by Crippen LogP contribution is -2.14. The largest absolute Gasteiger partial charge is 0.435 e. The van der Waals surface area contributed by atoms with Crippen molar-refractivity contribution >= 4 is 17.5 Å². The van der Waals surface area contributed by atoms with Gasteiger partial charge in [-0.15, -0.1) is 0 Å². The number of carbonyl (C=O) groups is 1. The number of aromatic nitrogens is 3. The molecule has 3 aromatic rings. The Hall–Kier alpha value is -3.36. The minimum atomic E-state index is -4.56. The molecule has 0 radical (unpaired) electrons. The van der Waals surface area contributed by atoms with E-state index in [0.717, 1.165) is 11.6 Å². The summed E-state index contributed by atoms with van der Waals surface area (Å²) < 4.78 is 40.1. The zero-order chi connectivity index (χ0) is 20.5. The average Bonchev–Trinajstić information content (AvgIpc) is 3.06. The number of pyridine rings is 1. The van der Waals surface area contributed by atoms with Crippen molar-refractivity contribution < 1.29 is 18.0 Å². The second kappa shape index (κ2) is 7.34. The molecule has 1 amide bonds. The number of carbonyl (C=O) groups excluding carboxylic acids is 1. The van der Waals surface area contributed by atoms with Crippen LogP contribution in [0.15, 0.2) is 42.5 Å². The summed E-state index contributed by atoms with van der Waals surface area (Å²) >= 11 is 0. The van der Waals surface area contributed by atoms with Crippen LogP contribution in [0.2, 0.25) is 0 Å². The van der Waals surface area contributed by atoms with Crippen molar-refractivity contribution in [2.75, 3.05) is 11.1 Å². The third-order valence-corrected chi connectivity index (χ3v) is 4.09. The zero-order valence-corrected chi connectivity index (χ0v) is 15.2. The van der Waals surface area contributed by atoms with E-state index in [-0.39, 0.29) is 29.8 Å². The Morgan fingerprint density at radius 3 is 2.57 bits per heavy atom. The number of anilines is 2. The maximum atomic E-state index is 13.0. The third kappa shape index (κ3) is 3.98. The van der Waals surface area contributed by atoms with Crippen LogP contribution in [-0.2, 0) is 12.7 Å². The lowest BCUT2D eigenvalue weighted by molar-refractivity contribution is -0.141. The number of hydrogen-bond donors (Lipinski definition) is 2. The molecule has 0 aliphatic carbocycles. The summed E-state index contributed by atoms with van der Waals surface area (Å²) in [7, 11) is 0. The molecule has 2 heterocycles. The molecule has 9 heteroatoms. The highest BCUT2D eigenvalue weighted by molar-refractivity contribution is 6.04. The van der Waals surface area contributed by atoms with Crippen molar-refractivity contribution in [1.29, 1.82) is 0 Å². The molecule has 6 nitrogen and oxygen atoms in total. The summed E-state index contributed by atoms with van der Waals surface area (Å²) in [5.74, 6) is -0.168. The van der Waals surface area contributed by atoms with Gasteiger partial charge in [0.05, 0.1) is 5.69 Å². The van der Waals surface area contributed by atoms with Crippen LogP contribution in [0.3, 0.4) is 0 Å². The van der Waals surface area contributed by atoms with E-state index in [0.29, 0.717) is 11.1 Å². The number of nitrogens with one attached hydrogen (secondary N) is 1. The number of nitrogens with two attached hydrogens (primary N) is 1. The van der Waals surface area contributed by atoms with Crippen LogP contribution in [0.25, 0.3) is 11.3 Å². The van der Waals surface area contributed by atoms with Gasteiger partial charge in [0, 0.05) is 17.7 Å². The van der Waals surface area contributed by atoms with E-state index in [2.05, 4.69) is 15.4 Å². The van der Waals surface area contributed by atoms with Crippen LogP contribution in [-0.4, -0.2) is 20.7 Å². The number of hydrogen-bond acceptors (Lipinski definition) is 4. The fourth-order valence-electron chi connectivity index (χ4n) is 2.75. The molecule has 3 rings (SSSR count). The van der Waals surface area contributed by atoms with Crippen molar-refractivity contribution in [3.8, 4) is 11.3 Å². The summed E-state index contributed by atoms with van der Waals surface area (Å²) in [4.78, 5) is 16.4. The number of nitrogen functional groups attached to an aromatic ring is 1. The Morgan fingerprint density at radius 2 is 1.96 bits per heavy atom. The van der Waals surface area contributed by atoms with Crippen molar-refractivity contribution in [2.24, 2.45) is 0 Å². The van der Waals surface area contributed by atoms with Crippen LogP contribution >= 0.6 is 0 Å². The van der Waals surface area contributed by atoms with Crippen molar-refractivity contribution in [2.45, 2.75) is 26.6 Å². The predicted octanol–water partition coefficient (Wildman–Crippen LogP) is 4.13. The van der Waals surface area contributed by atoms with E-state index >= 15 is 0 Å². The second-order valence-electron chi connectivity index (χ2n) is 6.18. The quantitative estimate of drug-likeness (QED) is 0.703. The van der Waals surface area contributed by atoms with Crippen molar-refractivity contribution in [3.63, 3.8) is 0 Å². The lowest BCUT2D eigenvalue weighted by Gasteiger charge is -2.10. The number of amides is 1. The SMILES string of the molecule is CCn1nc(C(F)(F)F)cc1-c1ccc(NC(=O)c2cccc(C)c2)nc1N. The smallest absolute Gasteiger partial charge is 0.383 e. The van der Waals surface area contributed by atoms with Crippen LogP contribution in [0.5, 0.6) is 0 Å². The van der Waals surface area contributed by atoms with Crippen molar-refractivity contribution in [3.05, 3.63) is 59.3 Å². The Balaban J connectivity index is 1.89. The summed E-state index contributed by atoms with van der Waals surface area (Å²) in [6, 6.07) is 11.0. The second-order valence-corrected chi connectivity index (χ2v) is 6.18. The number of aryl methyl sites for hydroxylation is 2. The van der Waals surface area contributed by atoms with E-state index in [9.17, 15) is 18.0 Å². The first-order valence-corrected chi connectivity index (χ1v) is 8.49. The van der Waals surface area contributed by atoms with Gasteiger partial charge < -0.3 is 11.1 Å². The van der Waals surface area contributed by atoms with Crippen LogP contribution in [0, 0.1) is 6.92 Å². The standard InChI is InChI=1S/C19H18F3N5O/c1-3-27-14(10-15(26-27)19(20,21)22)13-7-8-16(24-17(13)23)25-18(28)12-6-4-5-11(2)9-12/h4-10H,3H2,1-2H3,(H3,23,24,25,28). The van der Waals surface area contributed by atoms with Crippen molar-refractivity contribution in [1.82, 2.24) is 14.8 Å². The molecule has 0 unspecified atom stereocenters. The minimum absolute atomic E-state index is 0.00892. The molecular weight excluding hydrogens is 371 g/mol. The zero-order valence-electron chi connectivity index (χ0n) is 15.2. The average molecular weight is 389 g/mol. The monoisotopic (exact) mass is 389 g/mol. The number of nitrogens with zero attached hydrogens (tertiary/aromatic N) is 3. The number of halogens is 3. The van der Waals surface area contributed by atoms with Gasteiger partial charge in [0.2, 0.25) is 0 Å². The summed E-state index contributed by atoms with van der Waals surface area (Å²) in [6.45, 7) is 3.78. The van der Waals surface area contributed by atoms with Gasteiger partial charge in [-0.25, -0.2) is 4.98 Å². The first-order chi connectivity index (χ1) is 13.2. The van der Waals surface area contributed by atoms with Gasteiger partial charge in [0.15, 0.2) is 5.69 Å². The van der Waals surface area contributed by atoms with E-state index in [1.54, 1.807) is 25.1 Å². The topological polar surface area (TPSA) is 85.8 Å². The molecule has 2 aromatic heterocycles. The molecule has 0 bridgehead atoms. The van der Waals surface area contributed by atoms with Gasteiger partial charge in [-0.2, -0.15) is 18.3 Å². The minimum Gasteiger partial charge on any atom is -0.383 e. The van der Waals surface area contributed by atoms with Crippen LogP contribution in [0.1, 0.15) is 28.5 Å². The van der Waals surface area contributed by atoms with Gasteiger partial charge in [0.1, 0.15) is 11.6 Å². The van der Waals surface area contributed by atoms with Gasteiger partial charge in [-0.3, -0.25) is 9.48 Å². The highest BCUT2D eigenvalue weighted by Gasteiger charge is 2.35. The van der Waals surface area contributed by atoms with E-state index in [1.165, 1.54) is 16.8 Å². The van der Waals surface area contributed by atoms with Gasteiger partial charge >= 0.3 is 6.18 Å². The summed E-state index contributed by atoms with van der Waals surface area (Å²) in [6.07, 6.45) is -4.56. The Bertz CT molecular complexity index is 1030. The first kappa shape index (κ1) is 19.4. The fourth-order valence-corrected chi connectivity index (χ4v) is 2.75. The first-order valence-electron chi connectivity index (χ1n) is 8.49. The lowest BCUT2D eigenvalue weighted by atomic mass is 10.1. The van der Waals surface area contributed by atoms with E-state index in [1.807, 2.05) is 13.0 Å². The fraction of sp³-hybridized carbons (Fsp3) is 0.211. The van der Waals surface area contributed by atoms with E-state index in [4.69, 9.17) is 5.73 Å². The third-order valence-electron chi connectivity index (χ3n) is 4.09. The van der Waals surface area contributed by atoms with Crippen LogP contribution < -0.4 is 11.1 Å². The Kier molecular flexibility index (Phi) is 5.08. The molecule has 0 saturated carbocycles.